The lowest BCUT2D eigenvalue weighted by molar-refractivity contribution is -0.138. The number of nitrogens with one attached hydrogen (secondary N) is 1. The van der Waals surface area contributed by atoms with E-state index in [1.54, 1.807) is 36.4 Å². The van der Waals surface area contributed by atoms with E-state index in [1.807, 2.05) is 24.3 Å². The number of aromatic nitrogens is 1. The molecule has 0 saturated heterocycles. The second kappa shape index (κ2) is 26.3. The van der Waals surface area contributed by atoms with Crippen LogP contribution >= 0.6 is 11.3 Å². The van der Waals surface area contributed by atoms with Crippen LogP contribution in [0.1, 0.15) is 84.6 Å². The van der Waals surface area contributed by atoms with E-state index >= 15 is 0 Å². The summed E-state index contributed by atoms with van der Waals surface area (Å²) >= 11 is 1.38. The van der Waals surface area contributed by atoms with E-state index in [4.69, 9.17) is 33.2 Å². The molecule has 0 aliphatic heterocycles. The van der Waals surface area contributed by atoms with Crippen LogP contribution in [0.4, 0.5) is 5.13 Å². The van der Waals surface area contributed by atoms with Gasteiger partial charge in [0.15, 0.2) is 11.5 Å². The third-order valence-electron chi connectivity index (χ3n) is 9.31. The number of anilines is 1. The van der Waals surface area contributed by atoms with Gasteiger partial charge in [0.2, 0.25) is 5.13 Å². The van der Waals surface area contributed by atoms with Crippen molar-refractivity contribution in [1.82, 2.24) is 4.98 Å². The Morgan fingerprint density at radius 2 is 1.14 bits per heavy atom. The highest BCUT2D eigenvalue weighted by Crippen LogP contribution is 2.36. The van der Waals surface area contributed by atoms with Gasteiger partial charge in [0.25, 0.3) is 0 Å². The summed E-state index contributed by atoms with van der Waals surface area (Å²) in [6.07, 6.45) is 10.2. The predicted octanol–water partition coefficient (Wildman–Crippen LogP) is 10.00. The van der Waals surface area contributed by atoms with Crippen LogP contribution in [-0.4, -0.2) is 67.5 Å². The van der Waals surface area contributed by atoms with Gasteiger partial charge in [-0.3, -0.25) is 5.43 Å². The minimum Gasteiger partial charge on any atom is -0.494 e. The van der Waals surface area contributed by atoms with Crippen LogP contribution in [0.2, 0.25) is 0 Å². The lowest BCUT2D eigenvalue weighted by Crippen LogP contribution is -2.15. The highest BCUT2D eigenvalue weighted by atomic mass is 32.1. The molecular formula is C50H51N3O12S. The van der Waals surface area contributed by atoms with Gasteiger partial charge in [-0.25, -0.2) is 29.0 Å². The molecule has 0 amide bonds. The van der Waals surface area contributed by atoms with Gasteiger partial charge in [-0.1, -0.05) is 43.2 Å². The van der Waals surface area contributed by atoms with Crippen molar-refractivity contribution in [2.45, 2.75) is 58.3 Å². The molecule has 1 N–H and O–H groups in total. The normalized spacial score (nSPS) is 10.7. The molecule has 0 spiro atoms. The Bertz CT molecular complexity index is 2480. The molecule has 5 rings (SSSR count). The zero-order chi connectivity index (χ0) is 47.1. The van der Waals surface area contributed by atoms with E-state index in [0.29, 0.717) is 43.1 Å². The minimum absolute atomic E-state index is 0.0648. The molecule has 0 aliphatic carbocycles. The first-order valence-corrected chi connectivity index (χ1v) is 22.0. The predicted molar refractivity (Wildman–Crippen MR) is 251 cm³/mol. The van der Waals surface area contributed by atoms with E-state index < -0.39 is 29.8 Å². The fourth-order valence-electron chi connectivity index (χ4n) is 5.82. The van der Waals surface area contributed by atoms with Crippen LogP contribution in [0.25, 0.3) is 10.2 Å². The van der Waals surface area contributed by atoms with Crippen molar-refractivity contribution >= 4 is 62.7 Å². The van der Waals surface area contributed by atoms with Crippen LogP contribution in [0, 0.1) is 0 Å². The topological polar surface area (TPSA) is 187 Å². The number of hydrogen-bond donors (Lipinski definition) is 1. The number of hydrogen-bond acceptors (Lipinski definition) is 16. The maximum absolute atomic E-state index is 13.6. The second-order valence-corrected chi connectivity index (χ2v) is 15.5. The number of esters is 5. The maximum atomic E-state index is 13.6. The molecule has 15 nitrogen and oxygen atoms in total. The third-order valence-corrected chi connectivity index (χ3v) is 10.2. The highest BCUT2D eigenvalue weighted by molar-refractivity contribution is 7.22. The van der Waals surface area contributed by atoms with Gasteiger partial charge in [-0.15, -0.1) is 0 Å². The molecule has 0 unspecified atom stereocenters. The number of ether oxygens (including phenoxy) is 7. The lowest BCUT2D eigenvalue weighted by atomic mass is 10.1. The molecule has 1 aromatic heterocycles. The summed E-state index contributed by atoms with van der Waals surface area (Å²) in [5, 5.41) is 4.83. The van der Waals surface area contributed by atoms with E-state index in [-0.39, 0.29) is 39.5 Å². The Morgan fingerprint density at radius 1 is 0.636 bits per heavy atom. The van der Waals surface area contributed by atoms with Gasteiger partial charge < -0.3 is 33.2 Å². The number of benzene rings is 4. The minimum atomic E-state index is -0.814. The molecule has 0 atom stereocenters. The summed E-state index contributed by atoms with van der Waals surface area (Å²) in [5.74, 6) is -2.59. The van der Waals surface area contributed by atoms with Crippen molar-refractivity contribution in [3.63, 3.8) is 0 Å². The van der Waals surface area contributed by atoms with Crippen molar-refractivity contribution in [1.29, 1.82) is 0 Å². The average molecular weight is 918 g/mol. The fraction of sp³-hybridized carbons (Fsp3) is 0.260. The molecule has 66 heavy (non-hydrogen) atoms. The van der Waals surface area contributed by atoms with Gasteiger partial charge >= 0.3 is 29.8 Å². The molecule has 0 saturated carbocycles. The molecular weight excluding hydrogens is 867 g/mol. The van der Waals surface area contributed by atoms with Crippen LogP contribution < -0.4 is 29.1 Å². The Labute approximate surface area is 386 Å². The summed E-state index contributed by atoms with van der Waals surface area (Å²) < 4.78 is 39.9. The van der Waals surface area contributed by atoms with Crippen molar-refractivity contribution < 1.29 is 57.1 Å². The molecule has 344 valence electrons. The highest BCUT2D eigenvalue weighted by Gasteiger charge is 2.22. The summed E-state index contributed by atoms with van der Waals surface area (Å²) in [4.78, 5) is 66.9. The van der Waals surface area contributed by atoms with E-state index in [1.165, 1.54) is 48.7 Å². The van der Waals surface area contributed by atoms with Crippen molar-refractivity contribution in [2.75, 3.05) is 31.9 Å². The smallest absolute Gasteiger partial charge is 0.343 e. The maximum Gasteiger partial charge on any atom is 0.343 e. The van der Waals surface area contributed by atoms with E-state index in [2.05, 4.69) is 35.2 Å². The average Bonchev–Trinajstić information content (AvgIpc) is 3.74. The first-order chi connectivity index (χ1) is 32.0. The summed E-state index contributed by atoms with van der Waals surface area (Å²) in [7, 11) is 0. The first-order valence-electron chi connectivity index (χ1n) is 21.2. The molecule has 0 bridgehead atoms. The lowest BCUT2D eigenvalue weighted by Gasteiger charge is -2.15. The Balaban J connectivity index is 1.28. The number of hydrazone groups is 1. The van der Waals surface area contributed by atoms with Gasteiger partial charge in [0.05, 0.1) is 54.0 Å². The van der Waals surface area contributed by atoms with Crippen molar-refractivity contribution in [3.8, 4) is 28.7 Å². The van der Waals surface area contributed by atoms with Gasteiger partial charge in [0, 0.05) is 29.4 Å². The SMILES string of the molecule is C=CC(=O)OCCCCCCOc1ccc(C(=O)Oc2cc(OC(=O)C(=C)C)c(OC(=O)c3ccc(OCCCCCCOC(=O)C=C)cc3)cc2/C=N/Nc2nc3ccccc3s2)cc1. The zero-order valence-electron chi connectivity index (χ0n) is 36.6. The number of unbranched alkanes of at least 4 members (excludes halogenated alkanes) is 6. The number of rotatable bonds is 27. The van der Waals surface area contributed by atoms with Crippen LogP contribution in [0.5, 0.6) is 28.7 Å². The molecule has 0 aliphatic rings. The van der Waals surface area contributed by atoms with Crippen molar-refractivity contribution in [2.24, 2.45) is 5.10 Å². The number of thiazole rings is 1. The number of carbonyl (C=O) groups excluding carboxylic acids is 5. The molecule has 1 heterocycles. The standard InChI is InChI=1S/C50H51N3O12S/c1-5-45(54)61-29-15-9-7-13-27-59-38-23-19-35(20-24-38)48(57)63-41-32-43(64-47(56)34(3)4)42(31-37(41)33-51-53-50-52-40-17-11-12-18-44(40)66-50)65-49(58)36-21-25-39(26-22-36)60-28-14-8-10-16-30-62-46(55)6-2/h5-6,11-12,17-26,31-33H,1-3,7-10,13-16,27-30H2,4H3,(H,52,53)/b51-33+. The Kier molecular flexibility index (Phi) is 19.7. The monoisotopic (exact) mass is 917 g/mol. The molecule has 0 radical (unpaired) electrons. The van der Waals surface area contributed by atoms with Crippen LogP contribution in [0.15, 0.2) is 127 Å². The fourth-order valence-corrected chi connectivity index (χ4v) is 6.64. The summed E-state index contributed by atoms with van der Waals surface area (Å²) in [6.45, 7) is 13.4. The molecule has 0 fully saturated rings. The van der Waals surface area contributed by atoms with Crippen LogP contribution in [-0.2, 0) is 23.9 Å². The van der Waals surface area contributed by atoms with Crippen molar-refractivity contribution in [3.05, 3.63) is 139 Å². The molecule has 5 aromatic rings. The summed E-state index contributed by atoms with van der Waals surface area (Å²) in [6, 6.07) is 22.9. The van der Waals surface area contributed by atoms with Gasteiger partial charge in [-0.2, -0.15) is 5.10 Å². The van der Waals surface area contributed by atoms with Gasteiger partial charge in [-0.05, 0) is 125 Å². The quantitative estimate of drug-likeness (QED) is 0.0131. The molecule has 4 aromatic carbocycles. The third kappa shape index (κ3) is 16.2. The first kappa shape index (κ1) is 49.4. The van der Waals surface area contributed by atoms with Crippen LogP contribution in [0.3, 0.4) is 0 Å². The number of para-hydroxylation sites is 1. The van der Waals surface area contributed by atoms with E-state index in [0.717, 1.165) is 73.7 Å². The Morgan fingerprint density at radius 3 is 1.65 bits per heavy atom. The summed E-state index contributed by atoms with van der Waals surface area (Å²) in [5.41, 5.74) is 4.28. The number of nitrogens with zero attached hydrogens (tertiary/aromatic N) is 2. The largest absolute Gasteiger partial charge is 0.494 e. The second-order valence-electron chi connectivity index (χ2n) is 14.5. The number of fused-ring (bicyclic) bond motifs is 1. The van der Waals surface area contributed by atoms with Gasteiger partial charge in [0.1, 0.15) is 17.2 Å². The molecule has 16 heteroatoms. The zero-order valence-corrected chi connectivity index (χ0v) is 37.4. The Hall–Kier alpha value is -7.59. The number of carbonyl (C=O) groups is 5. The van der Waals surface area contributed by atoms with E-state index in [9.17, 15) is 24.0 Å².